The van der Waals surface area contributed by atoms with E-state index in [2.05, 4.69) is 31.6 Å². The third kappa shape index (κ3) is 10.1. The zero-order chi connectivity index (χ0) is 12.1. The van der Waals surface area contributed by atoms with Crippen LogP contribution in [0.3, 0.4) is 0 Å². The Morgan fingerprint density at radius 2 is 1.87 bits per heavy atom. The topological polar surface area (TPSA) is 86.8 Å². The first-order valence-electron chi connectivity index (χ1n) is 4.97. The second kappa shape index (κ2) is 6.40. The van der Waals surface area contributed by atoms with Gasteiger partial charge < -0.3 is 0 Å². The summed E-state index contributed by atoms with van der Waals surface area (Å²) in [5.41, 5.74) is 0. The van der Waals surface area contributed by atoms with Crippen molar-refractivity contribution < 1.29 is 33.5 Å². The van der Waals surface area contributed by atoms with Crippen LogP contribution in [0.15, 0.2) is 0 Å². The van der Waals surface area contributed by atoms with Gasteiger partial charge in [-0.3, -0.25) is 0 Å². The number of nitrogens with zero attached hydrogens (tertiary/aromatic N) is 1. The van der Waals surface area contributed by atoms with Crippen LogP contribution in [0.1, 0.15) is 27.2 Å². The molecule has 1 aliphatic heterocycles. The molecule has 5 nitrogen and oxygen atoms in total. The average molecular weight is 243 g/mol. The summed E-state index contributed by atoms with van der Waals surface area (Å²) in [6.07, 6.45) is 3.75. The van der Waals surface area contributed by atoms with Gasteiger partial charge in [-0.05, 0) is 13.3 Å². The fraction of sp³-hybridized carbons (Fsp3) is 0.889. The van der Waals surface area contributed by atoms with E-state index >= 15 is 0 Å². The Morgan fingerprint density at radius 1 is 1.40 bits per heavy atom. The van der Waals surface area contributed by atoms with Gasteiger partial charge in [-0.2, -0.15) is 0 Å². The second-order valence-electron chi connectivity index (χ2n) is 3.99. The molecule has 1 heterocycles. The molecule has 0 spiro atoms. The van der Waals surface area contributed by atoms with Crippen LogP contribution in [-0.4, -0.2) is 37.9 Å². The van der Waals surface area contributed by atoms with Crippen molar-refractivity contribution in [1.82, 2.24) is 0 Å². The average Bonchev–Trinajstić information content (AvgIpc) is 1.99. The summed E-state index contributed by atoms with van der Waals surface area (Å²) in [5, 5.41) is 0. The Bertz CT molecular complexity index is 209. The van der Waals surface area contributed by atoms with E-state index in [0.717, 1.165) is 11.8 Å². The number of hydrogen-bond donors (Lipinski definition) is 3. The Morgan fingerprint density at radius 3 is 2.20 bits per heavy atom. The van der Waals surface area contributed by atoms with Gasteiger partial charge >= 0.3 is 28.9 Å². The van der Waals surface area contributed by atoms with Crippen LogP contribution < -0.4 is 4.66 Å². The van der Waals surface area contributed by atoms with Gasteiger partial charge in [0, 0.05) is 11.8 Å². The maximum absolute atomic E-state index is 8.83. The van der Waals surface area contributed by atoms with Crippen molar-refractivity contribution in [3.8, 4) is 0 Å². The molecule has 15 heavy (non-hydrogen) atoms. The van der Waals surface area contributed by atoms with Crippen LogP contribution >= 0.6 is 0 Å². The maximum atomic E-state index is 8.83. The summed E-state index contributed by atoms with van der Waals surface area (Å²) in [5.74, 6) is 1.68. The Kier molecular flexibility index (Phi) is 6.31. The summed E-state index contributed by atoms with van der Waals surface area (Å²) < 4.78 is 32.7. The standard InChI is InChI=1S/C9H18N.ClH3O4/c1-4-10-6-8(2)5-9(3)7-10;2-1(3,4)5/h6,8-9H,4-5,7H2,1-3H3;2-4H/q+1;. The second-order valence-corrected chi connectivity index (χ2v) is 4.86. The third-order valence-electron chi connectivity index (χ3n) is 2.19. The Balaban J connectivity index is 0.000000336. The molecule has 0 aromatic heterocycles. The molecular formula is C9H21ClNO4+. The first-order chi connectivity index (χ1) is 6.72. The Hall–Kier alpha value is -0.200. The fourth-order valence-electron chi connectivity index (χ4n) is 1.83. The predicted molar refractivity (Wildman–Crippen MR) is 51.3 cm³/mol. The van der Waals surface area contributed by atoms with Gasteiger partial charge in [0.05, 0.1) is 0 Å². The molecule has 0 aromatic rings. The third-order valence-corrected chi connectivity index (χ3v) is 2.19. The van der Waals surface area contributed by atoms with Crippen LogP contribution in [0.2, 0.25) is 0 Å². The molecule has 0 fully saturated rings. The molecule has 0 amide bonds. The van der Waals surface area contributed by atoms with Crippen molar-refractivity contribution in [2.45, 2.75) is 27.2 Å². The van der Waals surface area contributed by atoms with Crippen molar-refractivity contribution in [1.29, 1.82) is 0 Å². The number of rotatable bonds is 1. The van der Waals surface area contributed by atoms with E-state index in [4.69, 9.17) is 18.6 Å². The molecule has 2 atom stereocenters. The fourth-order valence-corrected chi connectivity index (χ4v) is 1.83. The van der Waals surface area contributed by atoms with Gasteiger partial charge in [0.1, 0.15) is 19.3 Å². The molecule has 0 saturated carbocycles. The van der Waals surface area contributed by atoms with Gasteiger partial charge in [0.15, 0.2) is 0 Å². The van der Waals surface area contributed by atoms with Crippen LogP contribution in [0.4, 0.5) is 0 Å². The van der Waals surface area contributed by atoms with E-state index in [1.54, 1.807) is 0 Å². The van der Waals surface area contributed by atoms with E-state index in [1.165, 1.54) is 19.5 Å². The molecule has 3 N–H and O–H groups in total. The van der Waals surface area contributed by atoms with E-state index in [1.807, 2.05) is 0 Å². The minimum atomic E-state index is -4.19. The van der Waals surface area contributed by atoms with Crippen molar-refractivity contribution in [2.24, 2.45) is 11.8 Å². The molecule has 0 radical (unpaired) electrons. The van der Waals surface area contributed by atoms with E-state index in [-0.39, 0.29) is 0 Å². The van der Waals surface area contributed by atoms with Crippen molar-refractivity contribution in [3.05, 3.63) is 0 Å². The van der Waals surface area contributed by atoms with Crippen LogP contribution in [-0.2, 0) is 0 Å². The Labute approximate surface area is 92.4 Å². The normalized spacial score (nSPS) is 27.5. The van der Waals surface area contributed by atoms with E-state index in [0.29, 0.717) is 0 Å². The quantitative estimate of drug-likeness (QED) is 0.510. The first-order valence-corrected chi connectivity index (χ1v) is 6.29. The summed E-state index contributed by atoms with van der Waals surface area (Å²) in [7, 11) is -4.19. The predicted octanol–water partition coefficient (Wildman–Crippen LogP) is -1.09. The van der Waals surface area contributed by atoms with Gasteiger partial charge in [0.25, 0.3) is 0 Å². The van der Waals surface area contributed by atoms with Gasteiger partial charge in [-0.15, -0.1) is 0 Å². The van der Waals surface area contributed by atoms with Crippen LogP contribution in [0.25, 0.3) is 0 Å². The molecule has 92 valence electrons. The molecule has 2 unspecified atom stereocenters. The minimum absolute atomic E-state index is 0.795. The van der Waals surface area contributed by atoms with Crippen LogP contribution in [0.5, 0.6) is 0 Å². The molecule has 0 aromatic carbocycles. The van der Waals surface area contributed by atoms with Gasteiger partial charge in [-0.25, -0.2) is 4.58 Å². The molecule has 0 bridgehead atoms. The van der Waals surface area contributed by atoms with Gasteiger partial charge in [-0.1, -0.05) is 13.8 Å². The van der Waals surface area contributed by atoms with Crippen molar-refractivity contribution in [3.63, 3.8) is 0 Å². The van der Waals surface area contributed by atoms with Gasteiger partial charge in [0.2, 0.25) is 0 Å². The molecule has 1 aliphatic rings. The molecule has 0 aliphatic carbocycles. The molecule has 6 heteroatoms. The monoisotopic (exact) mass is 242 g/mol. The molecular weight excluding hydrogens is 222 g/mol. The number of halogens is 1. The summed E-state index contributed by atoms with van der Waals surface area (Å²) in [6, 6.07) is 0. The molecule has 0 saturated heterocycles. The van der Waals surface area contributed by atoms with E-state index in [9.17, 15) is 0 Å². The van der Waals surface area contributed by atoms with Crippen molar-refractivity contribution in [2.75, 3.05) is 13.1 Å². The number of hydrogen-bond acceptors (Lipinski definition) is 4. The molecule has 1 rings (SSSR count). The summed E-state index contributed by atoms with van der Waals surface area (Å²) >= 11 is 0. The summed E-state index contributed by atoms with van der Waals surface area (Å²) in [4.78, 5) is 0. The first kappa shape index (κ1) is 14.8. The SMILES string of the molecule is CC[N+]1=CC(C)CC(C)C1.[O-][Cl+](O)(O)O. The zero-order valence-corrected chi connectivity index (χ0v) is 10.2. The zero-order valence-electron chi connectivity index (χ0n) is 9.43. The van der Waals surface area contributed by atoms with Crippen molar-refractivity contribution >= 4 is 6.21 Å². The summed E-state index contributed by atoms with van der Waals surface area (Å²) in [6.45, 7) is 9.31. The van der Waals surface area contributed by atoms with Crippen LogP contribution in [0, 0.1) is 22.1 Å². The van der Waals surface area contributed by atoms with E-state index < -0.39 is 10.2 Å².